The Morgan fingerprint density at radius 3 is 2.62 bits per heavy atom. The molecule has 2 fully saturated rings. The maximum absolute atomic E-state index is 9.77. The molecule has 1 aliphatic heterocycles. The Kier molecular flexibility index (Phi) is 2.14. The minimum Gasteiger partial charge on any atom is -0.375 e. The van der Waals surface area contributed by atoms with E-state index in [0.29, 0.717) is 12.3 Å². The predicted molar refractivity (Wildman–Crippen MR) is 51.7 cm³/mol. The molecule has 1 saturated heterocycles. The SMILES string of the molecule is CC1CC(C2(C)CO2)CCC1(O)Cl. The standard InChI is InChI=1S/C10H17ClO2/c1-7-5-8(9(2)6-13-9)3-4-10(7,11)12/h7-8,12H,3-6H2,1-2H3. The average Bonchev–Trinajstić information content (AvgIpc) is 2.75. The van der Waals surface area contributed by atoms with E-state index in [-0.39, 0.29) is 11.5 Å². The fourth-order valence-electron chi connectivity index (χ4n) is 2.25. The van der Waals surface area contributed by atoms with Crippen molar-refractivity contribution in [3.63, 3.8) is 0 Å². The molecule has 4 unspecified atom stereocenters. The maximum Gasteiger partial charge on any atom is 0.141 e. The van der Waals surface area contributed by atoms with Crippen LogP contribution in [0.3, 0.4) is 0 Å². The molecule has 0 aromatic rings. The third-order valence-electron chi connectivity index (χ3n) is 3.70. The Hall–Kier alpha value is 0.210. The molecule has 0 bridgehead atoms. The number of ether oxygens (including phenoxy) is 1. The smallest absolute Gasteiger partial charge is 0.141 e. The van der Waals surface area contributed by atoms with Crippen LogP contribution in [0.5, 0.6) is 0 Å². The van der Waals surface area contributed by atoms with Crippen LogP contribution in [0.15, 0.2) is 0 Å². The summed E-state index contributed by atoms with van der Waals surface area (Å²) in [7, 11) is 0. The van der Waals surface area contributed by atoms with Crippen molar-refractivity contribution >= 4 is 11.6 Å². The Balaban J connectivity index is 1.99. The first kappa shape index (κ1) is 9.75. The number of halogens is 1. The van der Waals surface area contributed by atoms with E-state index in [9.17, 15) is 5.11 Å². The lowest BCUT2D eigenvalue weighted by Crippen LogP contribution is -2.40. The van der Waals surface area contributed by atoms with Gasteiger partial charge in [-0.3, -0.25) is 0 Å². The minimum atomic E-state index is -0.970. The molecule has 2 nitrogen and oxygen atoms in total. The summed E-state index contributed by atoms with van der Waals surface area (Å²) in [4.78, 5) is 0. The Labute approximate surface area is 84.2 Å². The number of alkyl halides is 1. The van der Waals surface area contributed by atoms with Crippen molar-refractivity contribution in [2.24, 2.45) is 11.8 Å². The molecule has 2 aliphatic rings. The van der Waals surface area contributed by atoms with Crippen LogP contribution in [0.4, 0.5) is 0 Å². The second kappa shape index (κ2) is 2.85. The molecule has 1 saturated carbocycles. The molecule has 2 rings (SSSR count). The highest BCUT2D eigenvalue weighted by molar-refractivity contribution is 6.22. The Bertz CT molecular complexity index is 211. The normalized spacial score (nSPS) is 56.3. The fraction of sp³-hybridized carbons (Fsp3) is 1.00. The largest absolute Gasteiger partial charge is 0.375 e. The second-order valence-electron chi connectivity index (χ2n) is 4.79. The van der Waals surface area contributed by atoms with Gasteiger partial charge in [0.1, 0.15) is 5.06 Å². The van der Waals surface area contributed by atoms with Crippen LogP contribution in [-0.2, 0) is 4.74 Å². The lowest BCUT2D eigenvalue weighted by atomic mass is 9.74. The van der Waals surface area contributed by atoms with Crippen molar-refractivity contribution in [2.75, 3.05) is 6.61 Å². The van der Waals surface area contributed by atoms with Crippen LogP contribution >= 0.6 is 11.6 Å². The molecule has 0 radical (unpaired) electrons. The summed E-state index contributed by atoms with van der Waals surface area (Å²) in [6.45, 7) is 5.05. The van der Waals surface area contributed by atoms with E-state index in [1.54, 1.807) is 0 Å². The van der Waals surface area contributed by atoms with Gasteiger partial charge in [-0.05, 0) is 38.0 Å². The molecular formula is C10H17ClO2. The van der Waals surface area contributed by atoms with Gasteiger partial charge in [0.25, 0.3) is 0 Å². The number of hydrogen-bond acceptors (Lipinski definition) is 2. The molecular weight excluding hydrogens is 188 g/mol. The van der Waals surface area contributed by atoms with Gasteiger partial charge in [0.05, 0.1) is 12.2 Å². The molecule has 1 aliphatic carbocycles. The van der Waals surface area contributed by atoms with Crippen molar-refractivity contribution < 1.29 is 9.84 Å². The summed E-state index contributed by atoms with van der Waals surface area (Å²) in [5, 5.41) is 8.80. The topological polar surface area (TPSA) is 32.8 Å². The van der Waals surface area contributed by atoms with E-state index in [0.717, 1.165) is 19.4 Å². The van der Waals surface area contributed by atoms with E-state index in [2.05, 4.69) is 6.92 Å². The fourth-order valence-corrected chi connectivity index (χ4v) is 2.45. The molecule has 1 heterocycles. The van der Waals surface area contributed by atoms with Crippen molar-refractivity contribution in [1.82, 2.24) is 0 Å². The van der Waals surface area contributed by atoms with Crippen LogP contribution in [-0.4, -0.2) is 22.4 Å². The first-order valence-corrected chi connectivity index (χ1v) is 5.37. The van der Waals surface area contributed by atoms with Crippen LogP contribution in [0.1, 0.15) is 33.1 Å². The molecule has 13 heavy (non-hydrogen) atoms. The highest BCUT2D eigenvalue weighted by Gasteiger charge is 2.51. The third-order valence-corrected chi connectivity index (χ3v) is 4.26. The monoisotopic (exact) mass is 204 g/mol. The van der Waals surface area contributed by atoms with Gasteiger partial charge < -0.3 is 9.84 Å². The number of epoxide rings is 1. The highest BCUT2D eigenvalue weighted by Crippen LogP contribution is 2.48. The van der Waals surface area contributed by atoms with Gasteiger partial charge in [-0.1, -0.05) is 18.5 Å². The predicted octanol–water partition coefficient (Wildman–Crippen LogP) is 2.14. The molecule has 4 atom stereocenters. The summed E-state index contributed by atoms with van der Waals surface area (Å²) in [5.41, 5.74) is 0.0989. The summed E-state index contributed by atoms with van der Waals surface area (Å²) in [5.74, 6) is 0.760. The Morgan fingerprint density at radius 2 is 2.15 bits per heavy atom. The van der Waals surface area contributed by atoms with Crippen LogP contribution in [0.25, 0.3) is 0 Å². The van der Waals surface area contributed by atoms with Crippen LogP contribution in [0, 0.1) is 11.8 Å². The van der Waals surface area contributed by atoms with Gasteiger partial charge in [0, 0.05) is 0 Å². The van der Waals surface area contributed by atoms with Crippen molar-refractivity contribution in [2.45, 2.75) is 43.8 Å². The minimum absolute atomic E-state index is 0.0989. The number of hydrogen-bond donors (Lipinski definition) is 1. The van der Waals surface area contributed by atoms with Crippen molar-refractivity contribution in [3.8, 4) is 0 Å². The Morgan fingerprint density at radius 1 is 1.54 bits per heavy atom. The molecule has 1 N–H and O–H groups in total. The zero-order valence-electron chi connectivity index (χ0n) is 8.22. The van der Waals surface area contributed by atoms with Crippen LogP contribution < -0.4 is 0 Å². The molecule has 76 valence electrons. The molecule has 3 heteroatoms. The van der Waals surface area contributed by atoms with E-state index < -0.39 is 5.06 Å². The van der Waals surface area contributed by atoms with Gasteiger partial charge in [-0.15, -0.1) is 0 Å². The molecule has 0 spiro atoms. The molecule has 0 aromatic carbocycles. The summed E-state index contributed by atoms with van der Waals surface area (Å²) >= 11 is 5.97. The third kappa shape index (κ3) is 1.72. The van der Waals surface area contributed by atoms with Gasteiger partial charge >= 0.3 is 0 Å². The number of rotatable bonds is 1. The van der Waals surface area contributed by atoms with Gasteiger partial charge in [-0.25, -0.2) is 0 Å². The lowest BCUT2D eigenvalue weighted by Gasteiger charge is -2.38. The highest BCUT2D eigenvalue weighted by atomic mass is 35.5. The number of aliphatic hydroxyl groups is 1. The van der Waals surface area contributed by atoms with Crippen LogP contribution in [0.2, 0.25) is 0 Å². The average molecular weight is 205 g/mol. The zero-order valence-corrected chi connectivity index (χ0v) is 8.97. The lowest BCUT2D eigenvalue weighted by molar-refractivity contribution is 0.00277. The van der Waals surface area contributed by atoms with E-state index in [4.69, 9.17) is 16.3 Å². The van der Waals surface area contributed by atoms with Crippen molar-refractivity contribution in [3.05, 3.63) is 0 Å². The first-order valence-electron chi connectivity index (χ1n) is 4.99. The summed E-state index contributed by atoms with van der Waals surface area (Å²) in [6, 6.07) is 0. The maximum atomic E-state index is 9.77. The first-order chi connectivity index (χ1) is 5.94. The quantitative estimate of drug-likeness (QED) is 0.525. The summed E-state index contributed by atoms with van der Waals surface area (Å²) < 4.78 is 5.43. The van der Waals surface area contributed by atoms with Crippen molar-refractivity contribution in [1.29, 1.82) is 0 Å². The van der Waals surface area contributed by atoms with E-state index >= 15 is 0 Å². The van der Waals surface area contributed by atoms with E-state index in [1.165, 1.54) is 0 Å². The van der Waals surface area contributed by atoms with E-state index in [1.807, 2.05) is 6.92 Å². The zero-order chi connectivity index (χ0) is 9.69. The van der Waals surface area contributed by atoms with Gasteiger partial charge in [0.15, 0.2) is 0 Å². The summed E-state index contributed by atoms with van der Waals surface area (Å²) in [6.07, 6.45) is 2.66. The second-order valence-corrected chi connectivity index (χ2v) is 5.45. The molecule has 0 amide bonds. The van der Waals surface area contributed by atoms with Gasteiger partial charge in [0.2, 0.25) is 0 Å². The van der Waals surface area contributed by atoms with Gasteiger partial charge in [-0.2, -0.15) is 0 Å². The molecule has 0 aromatic heterocycles.